The van der Waals surface area contributed by atoms with Crippen LogP contribution >= 0.6 is 12.2 Å². The highest BCUT2D eigenvalue weighted by Gasteiger charge is 1.79. The van der Waals surface area contributed by atoms with Gasteiger partial charge in [0.25, 0.3) is 0 Å². The molecule has 3 N–H and O–H groups in total. The Bertz CT molecular complexity index is 122. The van der Waals surface area contributed by atoms with Gasteiger partial charge < -0.3 is 5.73 Å². The molecule has 0 atom stereocenters. The number of nitrogens with two attached hydrogens (primary N) is 1. The second-order valence-electron chi connectivity index (χ2n) is 1.93. The second-order valence-corrected chi connectivity index (χ2v) is 2.37. The molecule has 10 heavy (non-hydrogen) atoms. The van der Waals surface area contributed by atoms with Crippen LogP contribution in [0.2, 0.25) is 0 Å². The molecule has 4 heteroatoms. The molecule has 0 spiro atoms. The van der Waals surface area contributed by atoms with Gasteiger partial charge in [-0.15, -0.1) is 0 Å². The third-order valence-corrected chi connectivity index (χ3v) is 1.04. The highest BCUT2D eigenvalue weighted by Crippen LogP contribution is 1.88. The molecule has 0 fully saturated rings. The molecule has 0 bridgehead atoms. The van der Waals surface area contributed by atoms with Crippen molar-refractivity contribution in [2.45, 2.75) is 26.2 Å². The van der Waals surface area contributed by atoms with Crippen LogP contribution in [0, 0.1) is 0 Å². The van der Waals surface area contributed by atoms with Crippen molar-refractivity contribution in [3.8, 4) is 0 Å². The topological polar surface area (TPSA) is 50.4 Å². The van der Waals surface area contributed by atoms with E-state index < -0.39 is 0 Å². The van der Waals surface area contributed by atoms with Crippen LogP contribution in [-0.2, 0) is 0 Å². The summed E-state index contributed by atoms with van der Waals surface area (Å²) in [6, 6.07) is 0. The standard InChI is InChI=1S/C6H13N3S/c1-2-3-4-5-8-9-6(7)10/h5H,2-4H2,1H3,(H3,7,9,10)/b8-5+. The molecule has 0 heterocycles. The molecular formula is C6H13N3S. The number of rotatable bonds is 4. The minimum atomic E-state index is 0.216. The van der Waals surface area contributed by atoms with E-state index in [1.54, 1.807) is 6.21 Å². The van der Waals surface area contributed by atoms with Gasteiger partial charge in [0, 0.05) is 6.21 Å². The van der Waals surface area contributed by atoms with Gasteiger partial charge in [-0.1, -0.05) is 13.3 Å². The Morgan fingerprint density at radius 3 is 3.00 bits per heavy atom. The number of hydrogen-bond donors (Lipinski definition) is 2. The molecule has 0 rings (SSSR count). The zero-order chi connectivity index (χ0) is 7.82. The van der Waals surface area contributed by atoms with Gasteiger partial charge in [0.1, 0.15) is 0 Å². The summed E-state index contributed by atoms with van der Waals surface area (Å²) in [6.45, 7) is 2.13. The quantitative estimate of drug-likeness (QED) is 0.278. The SMILES string of the molecule is CCCC/C=N/NC(N)=S. The van der Waals surface area contributed by atoms with Crippen LogP contribution in [-0.4, -0.2) is 11.3 Å². The first-order chi connectivity index (χ1) is 4.77. The maximum atomic E-state index is 5.11. The van der Waals surface area contributed by atoms with Crippen LogP contribution in [0.3, 0.4) is 0 Å². The Balaban J connectivity index is 3.12. The molecule has 0 unspecified atom stereocenters. The molecule has 0 saturated heterocycles. The zero-order valence-corrected chi connectivity index (χ0v) is 6.95. The average Bonchev–Trinajstić information content (AvgIpc) is 1.87. The molecule has 3 nitrogen and oxygen atoms in total. The van der Waals surface area contributed by atoms with Crippen LogP contribution in [0.1, 0.15) is 26.2 Å². The van der Waals surface area contributed by atoms with Gasteiger partial charge in [-0.3, -0.25) is 5.43 Å². The summed E-state index contributed by atoms with van der Waals surface area (Å²) in [5, 5.41) is 3.98. The number of thiocarbonyl (C=S) groups is 1. The van der Waals surface area contributed by atoms with Crippen LogP contribution in [0.25, 0.3) is 0 Å². The Morgan fingerprint density at radius 1 is 1.80 bits per heavy atom. The molecule has 0 saturated carbocycles. The van der Waals surface area contributed by atoms with Crippen LogP contribution in [0.5, 0.6) is 0 Å². The van der Waals surface area contributed by atoms with Crippen molar-refractivity contribution in [2.24, 2.45) is 10.8 Å². The normalized spacial score (nSPS) is 10.1. The number of nitrogens with zero attached hydrogens (tertiary/aromatic N) is 1. The van der Waals surface area contributed by atoms with Crippen molar-refractivity contribution < 1.29 is 0 Å². The fourth-order valence-electron chi connectivity index (χ4n) is 0.469. The molecule has 0 amide bonds. The number of hydrogen-bond acceptors (Lipinski definition) is 2. The van der Waals surface area contributed by atoms with Crippen molar-refractivity contribution >= 4 is 23.5 Å². The van der Waals surface area contributed by atoms with Gasteiger partial charge in [-0.05, 0) is 25.1 Å². The van der Waals surface area contributed by atoms with E-state index >= 15 is 0 Å². The second kappa shape index (κ2) is 6.48. The lowest BCUT2D eigenvalue weighted by molar-refractivity contribution is 0.837. The summed E-state index contributed by atoms with van der Waals surface area (Å²) >= 11 is 4.53. The summed E-state index contributed by atoms with van der Waals surface area (Å²) in [7, 11) is 0. The molecule has 0 radical (unpaired) electrons. The monoisotopic (exact) mass is 159 g/mol. The van der Waals surface area contributed by atoms with Gasteiger partial charge in [-0.25, -0.2) is 0 Å². The lowest BCUT2D eigenvalue weighted by Gasteiger charge is -1.92. The Kier molecular flexibility index (Phi) is 6.06. The van der Waals surface area contributed by atoms with E-state index in [1.165, 1.54) is 6.42 Å². The average molecular weight is 159 g/mol. The summed E-state index contributed by atoms with van der Waals surface area (Å²) in [5.41, 5.74) is 7.60. The summed E-state index contributed by atoms with van der Waals surface area (Å²) in [5.74, 6) is 0. The number of nitrogens with one attached hydrogen (secondary N) is 1. The zero-order valence-electron chi connectivity index (χ0n) is 6.13. The van der Waals surface area contributed by atoms with Gasteiger partial charge in [0.05, 0.1) is 0 Å². The first-order valence-electron chi connectivity index (χ1n) is 3.34. The van der Waals surface area contributed by atoms with Gasteiger partial charge in [0.15, 0.2) is 5.11 Å². The summed E-state index contributed by atoms with van der Waals surface area (Å²) in [6.07, 6.45) is 5.09. The number of unbranched alkanes of at least 4 members (excludes halogenated alkanes) is 2. The van der Waals surface area contributed by atoms with Crippen molar-refractivity contribution in [3.63, 3.8) is 0 Å². The minimum absolute atomic E-state index is 0.216. The van der Waals surface area contributed by atoms with Crippen molar-refractivity contribution in [1.82, 2.24) is 5.43 Å². The first-order valence-corrected chi connectivity index (χ1v) is 3.75. The molecule has 58 valence electrons. The maximum Gasteiger partial charge on any atom is 0.184 e. The third kappa shape index (κ3) is 7.36. The molecule has 0 aliphatic heterocycles. The lowest BCUT2D eigenvalue weighted by atomic mass is 10.3. The largest absolute Gasteiger partial charge is 0.375 e. The van der Waals surface area contributed by atoms with E-state index in [0.29, 0.717) is 0 Å². The van der Waals surface area contributed by atoms with Crippen molar-refractivity contribution in [1.29, 1.82) is 0 Å². The van der Waals surface area contributed by atoms with E-state index in [1.807, 2.05) is 0 Å². The molecule has 0 aromatic rings. The highest BCUT2D eigenvalue weighted by atomic mass is 32.1. The fraction of sp³-hybridized carbons (Fsp3) is 0.667. The Morgan fingerprint density at radius 2 is 2.50 bits per heavy atom. The minimum Gasteiger partial charge on any atom is -0.375 e. The Hall–Kier alpha value is -0.640. The lowest BCUT2D eigenvalue weighted by Crippen LogP contribution is -2.23. The van der Waals surface area contributed by atoms with E-state index in [2.05, 4.69) is 29.7 Å². The third-order valence-electron chi connectivity index (χ3n) is 0.953. The fourth-order valence-corrected chi connectivity index (χ4v) is 0.522. The predicted molar refractivity (Wildman–Crippen MR) is 47.9 cm³/mol. The molecule has 0 aromatic heterocycles. The van der Waals surface area contributed by atoms with E-state index in [-0.39, 0.29) is 5.11 Å². The first kappa shape index (κ1) is 9.36. The Labute approximate surface area is 66.7 Å². The smallest absolute Gasteiger partial charge is 0.184 e. The van der Waals surface area contributed by atoms with Crippen molar-refractivity contribution in [3.05, 3.63) is 0 Å². The maximum absolute atomic E-state index is 5.11. The van der Waals surface area contributed by atoms with Gasteiger partial charge in [0.2, 0.25) is 0 Å². The van der Waals surface area contributed by atoms with Gasteiger partial charge in [-0.2, -0.15) is 5.10 Å². The summed E-state index contributed by atoms with van der Waals surface area (Å²) < 4.78 is 0. The molecule has 0 aliphatic carbocycles. The van der Waals surface area contributed by atoms with Crippen LogP contribution in [0.4, 0.5) is 0 Å². The van der Waals surface area contributed by atoms with E-state index in [0.717, 1.165) is 12.8 Å². The predicted octanol–water partition coefficient (Wildman–Crippen LogP) is 0.996. The molecule has 0 aliphatic rings. The highest BCUT2D eigenvalue weighted by molar-refractivity contribution is 7.80. The summed E-state index contributed by atoms with van der Waals surface area (Å²) in [4.78, 5) is 0. The molecule has 0 aromatic carbocycles. The van der Waals surface area contributed by atoms with Gasteiger partial charge >= 0.3 is 0 Å². The molecular weight excluding hydrogens is 146 g/mol. The number of hydrazone groups is 1. The van der Waals surface area contributed by atoms with Crippen LogP contribution < -0.4 is 11.2 Å². The van der Waals surface area contributed by atoms with Crippen LogP contribution in [0.15, 0.2) is 5.10 Å². The van der Waals surface area contributed by atoms with Crippen molar-refractivity contribution in [2.75, 3.05) is 0 Å². The van der Waals surface area contributed by atoms with E-state index in [4.69, 9.17) is 5.73 Å². The van der Waals surface area contributed by atoms with E-state index in [9.17, 15) is 0 Å².